The van der Waals surface area contributed by atoms with Crippen molar-refractivity contribution in [2.24, 2.45) is 0 Å². The van der Waals surface area contributed by atoms with Crippen LogP contribution in [-0.4, -0.2) is 42.7 Å². The van der Waals surface area contributed by atoms with Gasteiger partial charge in [-0.2, -0.15) is 5.26 Å². The summed E-state index contributed by atoms with van der Waals surface area (Å²) < 4.78 is 30.3. The Bertz CT molecular complexity index is 517. The molecule has 0 aliphatic heterocycles. The molecule has 0 amide bonds. The van der Waals surface area contributed by atoms with Gasteiger partial charge in [0.15, 0.2) is 11.6 Å². The number of rotatable bonds is 6. The summed E-state index contributed by atoms with van der Waals surface area (Å²) in [6.45, 7) is -0.353. The molecule has 1 N–H and O–H groups in total. The first kappa shape index (κ1) is 16.0. The summed E-state index contributed by atoms with van der Waals surface area (Å²) in [6.07, 6.45) is -1.15. The van der Waals surface area contributed by atoms with Crippen LogP contribution in [0.3, 0.4) is 0 Å². The molecule has 1 atom stereocenters. The Kier molecular flexibility index (Phi) is 6.03. The number of carbonyl (C=O) groups is 1. The first-order valence-electron chi connectivity index (χ1n) is 5.77. The van der Waals surface area contributed by atoms with Gasteiger partial charge in [-0.3, -0.25) is 9.69 Å². The lowest BCUT2D eigenvalue weighted by molar-refractivity contribution is -0.142. The number of hydrogen-bond acceptors (Lipinski definition) is 5. The maximum Gasteiger partial charge on any atom is 0.319 e. The molecule has 0 fully saturated rings. The topological polar surface area (TPSA) is 73.6 Å². The zero-order valence-corrected chi connectivity index (χ0v) is 10.8. The van der Waals surface area contributed by atoms with Crippen molar-refractivity contribution in [2.75, 3.05) is 26.7 Å². The van der Waals surface area contributed by atoms with Gasteiger partial charge in [0.2, 0.25) is 0 Å². The highest BCUT2D eigenvalue weighted by atomic mass is 19.2. The summed E-state index contributed by atoms with van der Waals surface area (Å²) >= 11 is 0. The number of esters is 1. The Morgan fingerprint density at radius 3 is 2.75 bits per heavy atom. The highest BCUT2D eigenvalue weighted by Crippen LogP contribution is 2.17. The van der Waals surface area contributed by atoms with Gasteiger partial charge in [-0.15, -0.1) is 0 Å². The second-order valence-corrected chi connectivity index (χ2v) is 4.09. The van der Waals surface area contributed by atoms with Gasteiger partial charge >= 0.3 is 5.97 Å². The van der Waals surface area contributed by atoms with Crippen LogP contribution < -0.4 is 0 Å². The van der Waals surface area contributed by atoms with Gasteiger partial charge in [-0.05, 0) is 17.7 Å². The normalized spacial score (nSPS) is 12.0. The van der Waals surface area contributed by atoms with Gasteiger partial charge in [0.1, 0.15) is 0 Å². The van der Waals surface area contributed by atoms with Crippen molar-refractivity contribution >= 4 is 5.97 Å². The predicted molar refractivity (Wildman–Crippen MR) is 65.4 cm³/mol. The lowest BCUT2D eigenvalue weighted by Gasteiger charge is -2.21. The summed E-state index contributed by atoms with van der Waals surface area (Å²) in [7, 11) is 1.21. The van der Waals surface area contributed by atoms with Crippen molar-refractivity contribution in [3.05, 3.63) is 35.4 Å². The fourth-order valence-electron chi connectivity index (χ4n) is 1.60. The van der Waals surface area contributed by atoms with E-state index in [-0.39, 0.29) is 25.2 Å². The third kappa shape index (κ3) is 4.57. The molecule has 0 aromatic heterocycles. The molecule has 1 unspecified atom stereocenters. The zero-order valence-electron chi connectivity index (χ0n) is 10.8. The molecule has 108 valence electrons. The van der Waals surface area contributed by atoms with E-state index in [0.717, 1.165) is 12.1 Å². The van der Waals surface area contributed by atoms with E-state index in [9.17, 15) is 18.7 Å². The number of halogens is 2. The molecule has 0 spiro atoms. The second kappa shape index (κ2) is 7.53. The monoisotopic (exact) mass is 284 g/mol. The lowest BCUT2D eigenvalue weighted by Crippen LogP contribution is -2.34. The average molecular weight is 284 g/mol. The van der Waals surface area contributed by atoms with Crippen LogP contribution >= 0.6 is 0 Å². The third-order valence-electron chi connectivity index (χ3n) is 2.63. The molecule has 0 aliphatic carbocycles. The minimum atomic E-state index is -1.15. The molecule has 0 aliphatic rings. The van der Waals surface area contributed by atoms with E-state index in [1.807, 2.05) is 6.07 Å². The summed E-state index contributed by atoms with van der Waals surface area (Å²) in [6, 6.07) is 4.87. The Morgan fingerprint density at radius 1 is 1.50 bits per heavy atom. The molecule has 5 nitrogen and oxygen atoms in total. The number of hydrogen-bond donors (Lipinski definition) is 1. The Balaban J connectivity index is 2.74. The highest BCUT2D eigenvalue weighted by molar-refractivity contribution is 5.71. The standard InChI is InChI=1S/C13H14F2N2O3/c1-20-13(19)8-17(5-4-16)7-12(18)9-2-3-10(14)11(15)6-9/h2-3,6,12,18H,5,7-8H2,1H3. The molecule has 1 rings (SSSR count). The lowest BCUT2D eigenvalue weighted by atomic mass is 10.1. The number of methoxy groups -OCH3 is 1. The molecular weight excluding hydrogens is 270 g/mol. The van der Waals surface area contributed by atoms with E-state index in [1.165, 1.54) is 18.1 Å². The Labute approximate surface area is 115 Å². The maximum atomic E-state index is 13.1. The van der Waals surface area contributed by atoms with Crippen LogP contribution in [0.1, 0.15) is 11.7 Å². The number of ether oxygens (including phenoxy) is 1. The van der Waals surface area contributed by atoms with Crippen LogP contribution in [-0.2, 0) is 9.53 Å². The summed E-state index contributed by atoms with van der Waals surface area (Å²) in [4.78, 5) is 12.5. The van der Waals surface area contributed by atoms with Crippen molar-refractivity contribution < 1.29 is 23.4 Å². The quantitative estimate of drug-likeness (QED) is 0.623. The van der Waals surface area contributed by atoms with Crippen LogP contribution in [0.2, 0.25) is 0 Å². The van der Waals surface area contributed by atoms with E-state index in [0.29, 0.717) is 0 Å². The van der Waals surface area contributed by atoms with Crippen LogP contribution in [0.25, 0.3) is 0 Å². The molecular formula is C13H14F2N2O3. The molecule has 1 aromatic rings. The maximum absolute atomic E-state index is 13.1. The number of carbonyl (C=O) groups excluding carboxylic acids is 1. The van der Waals surface area contributed by atoms with Gasteiger partial charge in [0, 0.05) is 6.54 Å². The molecule has 0 radical (unpaired) electrons. The summed E-state index contributed by atoms with van der Waals surface area (Å²) in [5.74, 6) is -2.64. The minimum absolute atomic E-state index is 0.0757. The van der Waals surface area contributed by atoms with E-state index >= 15 is 0 Å². The molecule has 1 aromatic carbocycles. The van der Waals surface area contributed by atoms with Crippen LogP contribution in [0.4, 0.5) is 8.78 Å². The highest BCUT2D eigenvalue weighted by Gasteiger charge is 2.17. The van der Waals surface area contributed by atoms with E-state index < -0.39 is 23.7 Å². The van der Waals surface area contributed by atoms with Crippen LogP contribution in [0, 0.1) is 23.0 Å². The molecule has 0 bridgehead atoms. The van der Waals surface area contributed by atoms with E-state index in [1.54, 1.807) is 0 Å². The second-order valence-electron chi connectivity index (χ2n) is 4.09. The number of aliphatic hydroxyl groups is 1. The molecule has 20 heavy (non-hydrogen) atoms. The zero-order chi connectivity index (χ0) is 15.1. The Morgan fingerprint density at radius 2 is 2.20 bits per heavy atom. The minimum Gasteiger partial charge on any atom is -0.468 e. The molecule has 0 heterocycles. The smallest absolute Gasteiger partial charge is 0.319 e. The fraction of sp³-hybridized carbons (Fsp3) is 0.385. The third-order valence-corrected chi connectivity index (χ3v) is 2.63. The Hall–Kier alpha value is -2.04. The van der Waals surface area contributed by atoms with Crippen molar-refractivity contribution in [1.29, 1.82) is 5.26 Å². The van der Waals surface area contributed by atoms with Gasteiger partial charge < -0.3 is 9.84 Å². The van der Waals surface area contributed by atoms with Crippen molar-refractivity contribution in [3.8, 4) is 6.07 Å². The van der Waals surface area contributed by atoms with Crippen molar-refractivity contribution in [3.63, 3.8) is 0 Å². The van der Waals surface area contributed by atoms with E-state index in [2.05, 4.69) is 4.74 Å². The summed E-state index contributed by atoms with van der Waals surface area (Å²) in [5.41, 5.74) is 0.164. The molecule has 0 saturated carbocycles. The van der Waals surface area contributed by atoms with Crippen molar-refractivity contribution in [2.45, 2.75) is 6.10 Å². The van der Waals surface area contributed by atoms with Gasteiger partial charge in [0.05, 0.1) is 32.4 Å². The number of nitriles is 1. The largest absolute Gasteiger partial charge is 0.468 e. The predicted octanol–water partition coefficient (Wildman–Crippen LogP) is 0.997. The van der Waals surface area contributed by atoms with Gasteiger partial charge in [-0.25, -0.2) is 8.78 Å². The van der Waals surface area contributed by atoms with E-state index in [4.69, 9.17) is 5.26 Å². The molecule has 0 saturated heterocycles. The van der Waals surface area contributed by atoms with Crippen LogP contribution in [0.15, 0.2) is 18.2 Å². The molecule has 7 heteroatoms. The SMILES string of the molecule is COC(=O)CN(CC#N)CC(O)c1ccc(F)c(F)c1. The summed E-state index contributed by atoms with van der Waals surface area (Å²) in [5, 5.41) is 18.6. The average Bonchev–Trinajstić information content (AvgIpc) is 2.41. The van der Waals surface area contributed by atoms with Gasteiger partial charge in [0.25, 0.3) is 0 Å². The first-order valence-corrected chi connectivity index (χ1v) is 5.77. The first-order chi connectivity index (χ1) is 9.47. The van der Waals surface area contributed by atoms with Crippen molar-refractivity contribution in [1.82, 2.24) is 4.90 Å². The number of aliphatic hydroxyl groups excluding tert-OH is 1. The van der Waals surface area contributed by atoms with Crippen LogP contribution in [0.5, 0.6) is 0 Å². The number of nitrogens with zero attached hydrogens (tertiary/aromatic N) is 2. The van der Waals surface area contributed by atoms with Gasteiger partial charge in [-0.1, -0.05) is 6.07 Å². The fourth-order valence-corrected chi connectivity index (χ4v) is 1.60. The number of benzene rings is 1.